The van der Waals surface area contributed by atoms with Crippen LogP contribution < -0.4 is 10.6 Å². The molecule has 0 atom stereocenters. The zero-order valence-electron chi connectivity index (χ0n) is 14.2. The lowest BCUT2D eigenvalue weighted by atomic mass is 10.2. The predicted octanol–water partition coefficient (Wildman–Crippen LogP) is 2.70. The summed E-state index contributed by atoms with van der Waals surface area (Å²) in [5.41, 5.74) is 1.07. The van der Waals surface area contributed by atoms with E-state index in [1.54, 1.807) is 19.1 Å². The fourth-order valence-electron chi connectivity index (χ4n) is 2.98. The summed E-state index contributed by atoms with van der Waals surface area (Å²) in [6, 6.07) is 4.35. The highest BCUT2D eigenvalue weighted by atomic mass is 32.2. The van der Waals surface area contributed by atoms with Gasteiger partial charge in [-0.25, -0.2) is 13.2 Å². The van der Waals surface area contributed by atoms with Crippen LogP contribution in [0.5, 0.6) is 0 Å². The molecule has 0 saturated heterocycles. The molecule has 1 aromatic carbocycles. The Morgan fingerprint density at radius 3 is 2.56 bits per heavy atom. The molecule has 1 fully saturated rings. The number of sulfone groups is 1. The van der Waals surface area contributed by atoms with E-state index in [4.69, 9.17) is 5.11 Å². The number of aryl methyl sites for hydroxylation is 1. The second kappa shape index (κ2) is 8.33. The highest BCUT2D eigenvalue weighted by molar-refractivity contribution is 7.92. The molecule has 8 heteroatoms. The van der Waals surface area contributed by atoms with E-state index in [9.17, 15) is 18.0 Å². The SMILES string of the molecule is Cc1ccc(NC(=O)NCCCC(=O)O)cc1S(=O)(=O)C1CCCC1. The average Bonchev–Trinajstić information content (AvgIpc) is 3.08. The fourth-order valence-corrected chi connectivity index (χ4v) is 5.10. The van der Waals surface area contributed by atoms with E-state index < -0.39 is 21.8 Å². The third-order valence-corrected chi connectivity index (χ3v) is 6.75. The van der Waals surface area contributed by atoms with Gasteiger partial charge in [0.05, 0.1) is 10.1 Å². The van der Waals surface area contributed by atoms with Gasteiger partial charge in [-0.3, -0.25) is 4.79 Å². The molecule has 0 spiro atoms. The number of hydrogen-bond donors (Lipinski definition) is 3. The smallest absolute Gasteiger partial charge is 0.319 e. The summed E-state index contributed by atoms with van der Waals surface area (Å²) in [7, 11) is -3.40. The van der Waals surface area contributed by atoms with Crippen molar-refractivity contribution in [2.24, 2.45) is 0 Å². The quantitative estimate of drug-likeness (QED) is 0.641. The lowest BCUT2D eigenvalue weighted by Crippen LogP contribution is -2.30. The van der Waals surface area contributed by atoms with Crippen molar-refractivity contribution in [1.29, 1.82) is 0 Å². The van der Waals surface area contributed by atoms with Crippen LogP contribution in [-0.4, -0.2) is 37.3 Å². The first-order chi connectivity index (χ1) is 11.8. The van der Waals surface area contributed by atoms with Crippen LogP contribution in [-0.2, 0) is 14.6 Å². The maximum Gasteiger partial charge on any atom is 0.319 e. The number of carbonyl (C=O) groups is 2. The summed E-state index contributed by atoms with van der Waals surface area (Å²) in [4.78, 5) is 22.5. The molecule has 0 bridgehead atoms. The molecular weight excluding hydrogens is 344 g/mol. The molecule has 2 amide bonds. The predicted molar refractivity (Wildman–Crippen MR) is 94.5 cm³/mol. The van der Waals surface area contributed by atoms with Gasteiger partial charge in [0.1, 0.15) is 0 Å². The third kappa shape index (κ3) is 5.19. The molecule has 1 aromatic rings. The Morgan fingerprint density at radius 2 is 1.92 bits per heavy atom. The number of carboxylic acids is 1. The zero-order valence-corrected chi connectivity index (χ0v) is 15.1. The van der Waals surface area contributed by atoms with Gasteiger partial charge in [0.15, 0.2) is 9.84 Å². The molecule has 1 aliphatic rings. The normalized spacial score (nSPS) is 15.1. The van der Waals surface area contributed by atoms with Crippen LogP contribution in [0.25, 0.3) is 0 Å². The van der Waals surface area contributed by atoms with E-state index in [1.807, 2.05) is 0 Å². The molecular formula is C17H24N2O5S. The van der Waals surface area contributed by atoms with Crippen LogP contribution >= 0.6 is 0 Å². The number of carbonyl (C=O) groups excluding carboxylic acids is 1. The standard InChI is InChI=1S/C17H24N2O5S/c1-12-8-9-13(19-17(22)18-10-4-7-16(20)21)11-15(12)25(23,24)14-5-2-3-6-14/h8-9,11,14H,2-7,10H2,1H3,(H,20,21)(H2,18,19,22). The van der Waals surface area contributed by atoms with Crippen molar-refractivity contribution < 1.29 is 23.1 Å². The Labute approximate surface area is 147 Å². The second-order valence-electron chi connectivity index (χ2n) is 6.31. The average molecular weight is 368 g/mol. The first kappa shape index (κ1) is 19.2. The lowest BCUT2D eigenvalue weighted by Gasteiger charge is -2.15. The Balaban J connectivity index is 2.03. The van der Waals surface area contributed by atoms with Gasteiger partial charge in [-0.2, -0.15) is 0 Å². The maximum absolute atomic E-state index is 12.8. The van der Waals surface area contributed by atoms with Gasteiger partial charge in [-0.1, -0.05) is 18.9 Å². The first-order valence-corrected chi connectivity index (χ1v) is 9.96. The van der Waals surface area contributed by atoms with E-state index >= 15 is 0 Å². The second-order valence-corrected chi connectivity index (χ2v) is 8.51. The number of amides is 2. The van der Waals surface area contributed by atoms with Crippen molar-refractivity contribution in [3.63, 3.8) is 0 Å². The molecule has 25 heavy (non-hydrogen) atoms. The summed E-state index contributed by atoms with van der Waals surface area (Å²) in [6.07, 6.45) is 3.54. The number of urea groups is 1. The summed E-state index contributed by atoms with van der Waals surface area (Å²) in [6.45, 7) is 1.98. The molecule has 0 unspecified atom stereocenters. The number of aliphatic carboxylic acids is 1. The van der Waals surface area contributed by atoms with E-state index in [0.717, 1.165) is 12.8 Å². The van der Waals surface area contributed by atoms with Crippen molar-refractivity contribution in [2.75, 3.05) is 11.9 Å². The summed E-state index contributed by atoms with van der Waals surface area (Å²) in [5.74, 6) is -0.914. The largest absolute Gasteiger partial charge is 0.481 e. The van der Waals surface area contributed by atoms with Crippen molar-refractivity contribution in [2.45, 2.75) is 55.6 Å². The van der Waals surface area contributed by atoms with Gasteiger partial charge < -0.3 is 15.7 Å². The van der Waals surface area contributed by atoms with E-state index in [1.165, 1.54) is 6.07 Å². The number of hydrogen-bond acceptors (Lipinski definition) is 4. The molecule has 0 heterocycles. The highest BCUT2D eigenvalue weighted by Crippen LogP contribution is 2.32. The van der Waals surface area contributed by atoms with Gasteiger partial charge in [0.2, 0.25) is 0 Å². The van der Waals surface area contributed by atoms with Crippen molar-refractivity contribution in [3.05, 3.63) is 23.8 Å². The number of carboxylic acid groups (broad SMARTS) is 1. The van der Waals surface area contributed by atoms with E-state index in [-0.39, 0.29) is 23.1 Å². The van der Waals surface area contributed by atoms with Gasteiger partial charge in [0, 0.05) is 18.7 Å². The van der Waals surface area contributed by atoms with E-state index in [2.05, 4.69) is 10.6 Å². The molecule has 3 N–H and O–H groups in total. The Kier molecular flexibility index (Phi) is 6.41. The Morgan fingerprint density at radius 1 is 1.24 bits per heavy atom. The first-order valence-electron chi connectivity index (χ1n) is 8.42. The number of benzene rings is 1. The highest BCUT2D eigenvalue weighted by Gasteiger charge is 2.31. The van der Waals surface area contributed by atoms with Gasteiger partial charge in [-0.05, 0) is 43.9 Å². The van der Waals surface area contributed by atoms with Crippen LogP contribution in [0.1, 0.15) is 44.1 Å². The summed E-state index contributed by atoms with van der Waals surface area (Å²) in [5, 5.41) is 13.4. The Bertz CT molecular complexity index is 739. The molecule has 138 valence electrons. The van der Waals surface area contributed by atoms with Gasteiger partial charge in [0.25, 0.3) is 0 Å². The Hall–Kier alpha value is -2.09. The molecule has 1 saturated carbocycles. The minimum Gasteiger partial charge on any atom is -0.481 e. The van der Waals surface area contributed by atoms with Crippen molar-refractivity contribution in [1.82, 2.24) is 5.32 Å². The number of rotatable bonds is 7. The minimum absolute atomic E-state index is 0.0193. The van der Waals surface area contributed by atoms with Crippen LogP contribution in [0.2, 0.25) is 0 Å². The number of anilines is 1. The molecule has 2 rings (SSSR count). The van der Waals surface area contributed by atoms with Gasteiger partial charge >= 0.3 is 12.0 Å². The van der Waals surface area contributed by atoms with Crippen molar-refractivity contribution in [3.8, 4) is 0 Å². The molecule has 0 aliphatic heterocycles. The monoisotopic (exact) mass is 368 g/mol. The fraction of sp³-hybridized carbons (Fsp3) is 0.529. The summed E-state index contributed by atoms with van der Waals surface area (Å²) >= 11 is 0. The van der Waals surface area contributed by atoms with Crippen LogP contribution in [0.4, 0.5) is 10.5 Å². The number of nitrogens with one attached hydrogen (secondary N) is 2. The van der Waals surface area contributed by atoms with Crippen molar-refractivity contribution >= 4 is 27.5 Å². The van der Waals surface area contributed by atoms with E-state index in [0.29, 0.717) is 30.5 Å². The molecule has 0 aromatic heterocycles. The molecule has 0 radical (unpaired) electrons. The van der Waals surface area contributed by atoms with Crippen LogP contribution in [0, 0.1) is 6.92 Å². The maximum atomic E-state index is 12.8. The van der Waals surface area contributed by atoms with Gasteiger partial charge in [-0.15, -0.1) is 0 Å². The lowest BCUT2D eigenvalue weighted by molar-refractivity contribution is -0.137. The zero-order chi connectivity index (χ0) is 18.4. The third-order valence-electron chi connectivity index (χ3n) is 4.35. The molecule has 1 aliphatic carbocycles. The molecule has 7 nitrogen and oxygen atoms in total. The summed E-state index contributed by atoms with van der Waals surface area (Å²) < 4.78 is 25.6. The minimum atomic E-state index is -3.40. The van der Waals surface area contributed by atoms with Crippen LogP contribution in [0.15, 0.2) is 23.1 Å². The topological polar surface area (TPSA) is 113 Å². The van der Waals surface area contributed by atoms with Crippen LogP contribution in [0.3, 0.4) is 0 Å².